The van der Waals surface area contributed by atoms with Crippen LogP contribution in [0.5, 0.6) is 0 Å². The normalized spacial score (nSPS) is 9.86. The largest absolute Gasteiger partial charge is 0.326 e. The summed E-state index contributed by atoms with van der Waals surface area (Å²) in [7, 11) is 0. The van der Waals surface area contributed by atoms with Gasteiger partial charge in [-0.3, -0.25) is 9.78 Å². The summed E-state index contributed by atoms with van der Waals surface area (Å²) in [6, 6.07) is 14.6. The summed E-state index contributed by atoms with van der Waals surface area (Å²) in [4.78, 5) is 15.9. The third kappa shape index (κ3) is 5.05. The van der Waals surface area contributed by atoms with Crippen molar-refractivity contribution in [1.29, 1.82) is 5.26 Å². The topological polar surface area (TPSA) is 77.8 Å². The standard InChI is InChI=1S/C16H16N4O/c17-11-13-4-6-14(7-5-13)20-16(21)8-10-18-12-15-3-1-2-9-19-15/h1-7,9,18H,8,10,12H2,(H,20,21). The minimum absolute atomic E-state index is 0.0618. The number of nitrogens with one attached hydrogen (secondary N) is 2. The molecule has 1 amide bonds. The van der Waals surface area contributed by atoms with Crippen molar-refractivity contribution < 1.29 is 4.79 Å². The molecule has 5 nitrogen and oxygen atoms in total. The Kier molecular flexibility index (Phi) is 5.44. The van der Waals surface area contributed by atoms with Crippen LogP contribution in [-0.4, -0.2) is 17.4 Å². The molecule has 0 saturated heterocycles. The van der Waals surface area contributed by atoms with E-state index in [4.69, 9.17) is 5.26 Å². The molecule has 21 heavy (non-hydrogen) atoms. The van der Waals surface area contributed by atoms with Crippen molar-refractivity contribution in [3.8, 4) is 6.07 Å². The zero-order chi connectivity index (χ0) is 14.9. The van der Waals surface area contributed by atoms with Crippen LogP contribution in [0.3, 0.4) is 0 Å². The van der Waals surface area contributed by atoms with E-state index in [0.29, 0.717) is 30.8 Å². The Balaban J connectivity index is 1.69. The van der Waals surface area contributed by atoms with Crippen LogP contribution >= 0.6 is 0 Å². The third-order valence-electron chi connectivity index (χ3n) is 2.86. The zero-order valence-electron chi connectivity index (χ0n) is 11.5. The van der Waals surface area contributed by atoms with E-state index >= 15 is 0 Å². The van der Waals surface area contributed by atoms with E-state index in [1.165, 1.54) is 0 Å². The molecule has 0 unspecified atom stereocenters. The number of aromatic nitrogens is 1. The number of pyridine rings is 1. The molecule has 0 spiro atoms. The highest BCUT2D eigenvalue weighted by Gasteiger charge is 2.02. The number of hydrogen-bond donors (Lipinski definition) is 2. The Hall–Kier alpha value is -2.71. The van der Waals surface area contributed by atoms with Crippen molar-refractivity contribution in [2.45, 2.75) is 13.0 Å². The van der Waals surface area contributed by atoms with Gasteiger partial charge in [-0.15, -0.1) is 0 Å². The number of hydrogen-bond acceptors (Lipinski definition) is 4. The number of benzene rings is 1. The summed E-state index contributed by atoms with van der Waals surface area (Å²) in [5.41, 5.74) is 2.22. The van der Waals surface area contributed by atoms with Gasteiger partial charge in [-0.1, -0.05) is 6.07 Å². The molecule has 0 aliphatic rings. The number of anilines is 1. The Morgan fingerprint density at radius 2 is 2.00 bits per heavy atom. The highest BCUT2D eigenvalue weighted by atomic mass is 16.1. The average Bonchev–Trinajstić information content (AvgIpc) is 2.53. The SMILES string of the molecule is N#Cc1ccc(NC(=O)CCNCc2ccccn2)cc1. The van der Waals surface area contributed by atoms with Crippen LogP contribution in [0, 0.1) is 11.3 Å². The first-order chi connectivity index (χ1) is 10.3. The molecule has 1 aromatic carbocycles. The minimum atomic E-state index is -0.0618. The summed E-state index contributed by atoms with van der Waals surface area (Å²) in [5.74, 6) is -0.0618. The predicted octanol–water partition coefficient (Wildman–Crippen LogP) is 2.07. The molecule has 0 fully saturated rings. The molecule has 0 aliphatic carbocycles. The number of rotatable bonds is 6. The fourth-order valence-corrected chi connectivity index (χ4v) is 1.77. The van der Waals surface area contributed by atoms with Crippen LogP contribution in [0.1, 0.15) is 17.7 Å². The molecule has 0 aliphatic heterocycles. The molecule has 5 heteroatoms. The maximum Gasteiger partial charge on any atom is 0.225 e. The average molecular weight is 280 g/mol. The number of amides is 1. The summed E-state index contributed by atoms with van der Waals surface area (Å²) in [5, 5.41) is 14.7. The Morgan fingerprint density at radius 1 is 1.19 bits per heavy atom. The highest BCUT2D eigenvalue weighted by molar-refractivity contribution is 5.90. The number of nitrogens with zero attached hydrogens (tertiary/aromatic N) is 2. The minimum Gasteiger partial charge on any atom is -0.326 e. The smallest absolute Gasteiger partial charge is 0.225 e. The number of carbonyl (C=O) groups excluding carboxylic acids is 1. The Labute approximate surface area is 123 Å². The second kappa shape index (κ2) is 7.78. The predicted molar refractivity (Wildman–Crippen MR) is 80.3 cm³/mol. The van der Waals surface area contributed by atoms with Gasteiger partial charge in [0, 0.05) is 31.4 Å². The maximum absolute atomic E-state index is 11.7. The monoisotopic (exact) mass is 280 g/mol. The van der Waals surface area contributed by atoms with Gasteiger partial charge in [-0.05, 0) is 36.4 Å². The second-order valence-electron chi connectivity index (χ2n) is 4.49. The zero-order valence-corrected chi connectivity index (χ0v) is 11.5. The summed E-state index contributed by atoms with van der Waals surface area (Å²) in [6.07, 6.45) is 2.13. The van der Waals surface area contributed by atoms with E-state index < -0.39 is 0 Å². The van der Waals surface area contributed by atoms with E-state index in [0.717, 1.165) is 5.69 Å². The third-order valence-corrected chi connectivity index (χ3v) is 2.86. The molecule has 106 valence electrons. The molecule has 1 heterocycles. The fraction of sp³-hybridized carbons (Fsp3) is 0.188. The lowest BCUT2D eigenvalue weighted by molar-refractivity contribution is -0.116. The van der Waals surface area contributed by atoms with E-state index in [2.05, 4.69) is 15.6 Å². The van der Waals surface area contributed by atoms with Gasteiger partial charge in [0.05, 0.1) is 17.3 Å². The molecule has 2 aromatic rings. The van der Waals surface area contributed by atoms with Crippen LogP contribution in [0.2, 0.25) is 0 Å². The molecule has 2 rings (SSSR count). The van der Waals surface area contributed by atoms with Crippen molar-refractivity contribution in [1.82, 2.24) is 10.3 Å². The van der Waals surface area contributed by atoms with Crippen molar-refractivity contribution in [2.24, 2.45) is 0 Å². The first-order valence-electron chi connectivity index (χ1n) is 6.68. The molecule has 0 atom stereocenters. The first kappa shape index (κ1) is 14.7. The van der Waals surface area contributed by atoms with Gasteiger partial charge in [0.1, 0.15) is 0 Å². The van der Waals surface area contributed by atoms with Crippen LogP contribution in [0.25, 0.3) is 0 Å². The number of carbonyl (C=O) groups is 1. The van der Waals surface area contributed by atoms with Gasteiger partial charge >= 0.3 is 0 Å². The van der Waals surface area contributed by atoms with Gasteiger partial charge < -0.3 is 10.6 Å². The van der Waals surface area contributed by atoms with Gasteiger partial charge in [0.2, 0.25) is 5.91 Å². The van der Waals surface area contributed by atoms with Crippen LogP contribution in [0.4, 0.5) is 5.69 Å². The molecular formula is C16H16N4O. The lowest BCUT2D eigenvalue weighted by Gasteiger charge is -2.06. The van der Waals surface area contributed by atoms with Crippen molar-refractivity contribution in [3.63, 3.8) is 0 Å². The van der Waals surface area contributed by atoms with Gasteiger partial charge in [0.25, 0.3) is 0 Å². The van der Waals surface area contributed by atoms with E-state index in [9.17, 15) is 4.79 Å². The van der Waals surface area contributed by atoms with Crippen LogP contribution in [-0.2, 0) is 11.3 Å². The fourth-order valence-electron chi connectivity index (χ4n) is 1.77. The van der Waals surface area contributed by atoms with E-state index in [1.807, 2.05) is 24.3 Å². The van der Waals surface area contributed by atoms with Gasteiger partial charge in [0.15, 0.2) is 0 Å². The van der Waals surface area contributed by atoms with Gasteiger partial charge in [-0.2, -0.15) is 5.26 Å². The first-order valence-corrected chi connectivity index (χ1v) is 6.68. The molecule has 2 N–H and O–H groups in total. The molecular weight excluding hydrogens is 264 g/mol. The summed E-state index contributed by atoms with van der Waals surface area (Å²) < 4.78 is 0. The molecule has 0 bridgehead atoms. The maximum atomic E-state index is 11.7. The lowest BCUT2D eigenvalue weighted by atomic mass is 10.2. The Morgan fingerprint density at radius 3 is 2.67 bits per heavy atom. The Bertz CT molecular complexity index is 617. The van der Waals surface area contributed by atoms with Crippen molar-refractivity contribution in [3.05, 3.63) is 59.9 Å². The van der Waals surface area contributed by atoms with Crippen molar-refractivity contribution >= 4 is 11.6 Å². The van der Waals surface area contributed by atoms with Gasteiger partial charge in [-0.25, -0.2) is 0 Å². The quantitative estimate of drug-likeness (QED) is 0.794. The number of nitriles is 1. The van der Waals surface area contributed by atoms with Crippen LogP contribution < -0.4 is 10.6 Å². The lowest BCUT2D eigenvalue weighted by Crippen LogP contribution is -2.21. The van der Waals surface area contributed by atoms with E-state index in [1.54, 1.807) is 30.5 Å². The molecule has 1 aromatic heterocycles. The highest BCUT2D eigenvalue weighted by Crippen LogP contribution is 2.08. The molecule has 0 saturated carbocycles. The van der Waals surface area contributed by atoms with Crippen LogP contribution in [0.15, 0.2) is 48.7 Å². The van der Waals surface area contributed by atoms with E-state index in [-0.39, 0.29) is 5.91 Å². The van der Waals surface area contributed by atoms with Crippen molar-refractivity contribution in [2.75, 3.05) is 11.9 Å². The summed E-state index contributed by atoms with van der Waals surface area (Å²) in [6.45, 7) is 1.23. The molecule has 0 radical (unpaired) electrons. The second-order valence-corrected chi connectivity index (χ2v) is 4.49. The summed E-state index contributed by atoms with van der Waals surface area (Å²) >= 11 is 0.